The van der Waals surface area contributed by atoms with Gasteiger partial charge in [0.25, 0.3) is 0 Å². The van der Waals surface area contributed by atoms with E-state index in [1.807, 2.05) is 23.0 Å². The second kappa shape index (κ2) is 5.83. The smallest absolute Gasteiger partial charge is 0.0666 e. The maximum Gasteiger partial charge on any atom is 0.0666 e. The molecule has 0 aliphatic rings. The van der Waals surface area contributed by atoms with Crippen molar-refractivity contribution in [1.29, 1.82) is 0 Å². The standard InChI is InChI=1S/C18H19N3/c1-14-7-9-16(10-8-14)15(2)20-17-5-3-6-18(13-17)21-12-4-11-19-21/h3-13,15,20H,1-2H3. The third kappa shape index (κ3) is 3.14. The normalized spacial score (nSPS) is 12.1. The van der Waals surface area contributed by atoms with Crippen LogP contribution in [0.5, 0.6) is 0 Å². The summed E-state index contributed by atoms with van der Waals surface area (Å²) in [5.74, 6) is 0. The van der Waals surface area contributed by atoms with Crippen LogP contribution in [0.25, 0.3) is 5.69 Å². The van der Waals surface area contributed by atoms with Crippen LogP contribution < -0.4 is 5.32 Å². The lowest BCUT2D eigenvalue weighted by atomic mass is 10.1. The first kappa shape index (κ1) is 13.4. The van der Waals surface area contributed by atoms with E-state index in [2.05, 4.69) is 66.7 Å². The van der Waals surface area contributed by atoms with Crippen LogP contribution in [0.15, 0.2) is 67.0 Å². The topological polar surface area (TPSA) is 29.9 Å². The monoisotopic (exact) mass is 277 g/mol. The van der Waals surface area contributed by atoms with E-state index < -0.39 is 0 Å². The molecule has 2 aromatic carbocycles. The van der Waals surface area contributed by atoms with E-state index in [1.54, 1.807) is 6.20 Å². The number of aromatic nitrogens is 2. The van der Waals surface area contributed by atoms with Crippen LogP contribution >= 0.6 is 0 Å². The van der Waals surface area contributed by atoms with Crippen LogP contribution in [0.3, 0.4) is 0 Å². The van der Waals surface area contributed by atoms with Crippen molar-refractivity contribution in [3.8, 4) is 5.69 Å². The number of hydrogen-bond donors (Lipinski definition) is 1. The average Bonchev–Trinajstić information content (AvgIpc) is 3.02. The van der Waals surface area contributed by atoms with Crippen molar-refractivity contribution >= 4 is 5.69 Å². The zero-order chi connectivity index (χ0) is 14.7. The lowest BCUT2D eigenvalue weighted by Gasteiger charge is -2.16. The molecule has 0 bridgehead atoms. The lowest BCUT2D eigenvalue weighted by molar-refractivity contribution is 0.869. The van der Waals surface area contributed by atoms with Gasteiger partial charge in [-0.05, 0) is 43.7 Å². The minimum absolute atomic E-state index is 0.262. The number of hydrogen-bond acceptors (Lipinski definition) is 2. The Bertz CT molecular complexity index is 700. The van der Waals surface area contributed by atoms with Gasteiger partial charge in [0, 0.05) is 24.1 Å². The molecule has 3 nitrogen and oxygen atoms in total. The molecule has 1 N–H and O–H groups in total. The average molecular weight is 277 g/mol. The summed E-state index contributed by atoms with van der Waals surface area (Å²) in [6.07, 6.45) is 3.73. The first-order valence-electron chi connectivity index (χ1n) is 7.15. The number of benzene rings is 2. The highest BCUT2D eigenvalue weighted by Gasteiger charge is 2.06. The Hall–Kier alpha value is -2.55. The van der Waals surface area contributed by atoms with Crippen molar-refractivity contribution in [2.24, 2.45) is 0 Å². The molecule has 0 aliphatic heterocycles. The van der Waals surface area contributed by atoms with E-state index in [9.17, 15) is 0 Å². The molecule has 3 heteroatoms. The predicted octanol–water partition coefficient (Wildman–Crippen LogP) is 4.35. The Kier molecular flexibility index (Phi) is 3.73. The Morgan fingerprint density at radius 2 is 1.86 bits per heavy atom. The van der Waals surface area contributed by atoms with Gasteiger partial charge >= 0.3 is 0 Å². The fourth-order valence-electron chi connectivity index (χ4n) is 2.35. The van der Waals surface area contributed by atoms with Gasteiger partial charge in [0.05, 0.1) is 5.69 Å². The minimum Gasteiger partial charge on any atom is -0.378 e. The zero-order valence-corrected chi connectivity index (χ0v) is 12.3. The van der Waals surface area contributed by atoms with Crippen LogP contribution in [0.4, 0.5) is 5.69 Å². The van der Waals surface area contributed by atoms with Crippen molar-refractivity contribution in [2.75, 3.05) is 5.32 Å². The first-order chi connectivity index (χ1) is 10.2. The van der Waals surface area contributed by atoms with Gasteiger partial charge in [0.1, 0.15) is 0 Å². The van der Waals surface area contributed by atoms with E-state index in [4.69, 9.17) is 0 Å². The number of rotatable bonds is 4. The largest absolute Gasteiger partial charge is 0.378 e. The van der Waals surface area contributed by atoms with E-state index in [0.29, 0.717) is 0 Å². The highest BCUT2D eigenvalue weighted by atomic mass is 15.3. The van der Waals surface area contributed by atoms with Crippen LogP contribution in [0, 0.1) is 6.92 Å². The summed E-state index contributed by atoms with van der Waals surface area (Å²) in [6, 6.07) is 19.1. The lowest BCUT2D eigenvalue weighted by Crippen LogP contribution is -2.07. The van der Waals surface area contributed by atoms with Crippen LogP contribution in [-0.4, -0.2) is 9.78 Å². The van der Waals surface area contributed by atoms with Gasteiger partial charge < -0.3 is 5.32 Å². The van der Waals surface area contributed by atoms with Gasteiger partial charge in [0.15, 0.2) is 0 Å². The van der Waals surface area contributed by atoms with Gasteiger partial charge in [-0.1, -0.05) is 35.9 Å². The molecule has 0 saturated heterocycles. The van der Waals surface area contributed by atoms with Gasteiger partial charge in [-0.25, -0.2) is 4.68 Å². The van der Waals surface area contributed by atoms with Gasteiger partial charge in [-0.2, -0.15) is 5.10 Å². The Labute approximate surface area is 125 Å². The molecule has 1 heterocycles. The number of anilines is 1. The molecule has 1 unspecified atom stereocenters. The third-order valence-corrected chi connectivity index (χ3v) is 3.58. The molecule has 0 aliphatic carbocycles. The first-order valence-corrected chi connectivity index (χ1v) is 7.15. The number of nitrogens with zero attached hydrogens (tertiary/aromatic N) is 2. The number of nitrogens with one attached hydrogen (secondary N) is 1. The Balaban J connectivity index is 1.78. The summed E-state index contributed by atoms with van der Waals surface area (Å²) in [5.41, 5.74) is 4.72. The molecular weight excluding hydrogens is 258 g/mol. The highest BCUT2D eigenvalue weighted by molar-refractivity contribution is 5.52. The van der Waals surface area contributed by atoms with E-state index in [0.717, 1.165) is 11.4 Å². The van der Waals surface area contributed by atoms with Crippen LogP contribution in [-0.2, 0) is 0 Å². The van der Waals surface area contributed by atoms with Gasteiger partial charge in [-0.15, -0.1) is 0 Å². The Morgan fingerprint density at radius 3 is 2.57 bits per heavy atom. The second-order valence-electron chi connectivity index (χ2n) is 5.28. The van der Waals surface area contributed by atoms with E-state index in [-0.39, 0.29) is 6.04 Å². The SMILES string of the molecule is Cc1ccc(C(C)Nc2cccc(-n3cccn3)c2)cc1. The van der Waals surface area contributed by atoms with Crippen molar-refractivity contribution in [2.45, 2.75) is 19.9 Å². The molecule has 0 fully saturated rings. The molecule has 3 aromatic rings. The molecule has 3 rings (SSSR count). The molecule has 0 radical (unpaired) electrons. The van der Waals surface area contributed by atoms with Crippen molar-refractivity contribution < 1.29 is 0 Å². The highest BCUT2D eigenvalue weighted by Crippen LogP contribution is 2.21. The summed E-state index contributed by atoms with van der Waals surface area (Å²) in [6.45, 7) is 4.28. The Morgan fingerprint density at radius 1 is 1.05 bits per heavy atom. The molecule has 1 aromatic heterocycles. The molecule has 106 valence electrons. The summed E-state index contributed by atoms with van der Waals surface area (Å²) >= 11 is 0. The van der Waals surface area contributed by atoms with Crippen molar-refractivity contribution in [1.82, 2.24) is 9.78 Å². The third-order valence-electron chi connectivity index (χ3n) is 3.58. The zero-order valence-electron chi connectivity index (χ0n) is 12.3. The maximum atomic E-state index is 4.26. The summed E-state index contributed by atoms with van der Waals surface area (Å²) in [7, 11) is 0. The molecular formula is C18H19N3. The minimum atomic E-state index is 0.262. The predicted molar refractivity (Wildman–Crippen MR) is 86.8 cm³/mol. The van der Waals surface area contributed by atoms with E-state index in [1.165, 1.54) is 11.1 Å². The molecule has 1 atom stereocenters. The van der Waals surface area contributed by atoms with Crippen LogP contribution in [0.1, 0.15) is 24.1 Å². The summed E-state index contributed by atoms with van der Waals surface area (Å²) in [5, 5.41) is 7.80. The fraction of sp³-hybridized carbons (Fsp3) is 0.167. The van der Waals surface area contributed by atoms with Crippen LogP contribution in [0.2, 0.25) is 0 Å². The maximum absolute atomic E-state index is 4.26. The van der Waals surface area contributed by atoms with Gasteiger partial charge in [-0.3, -0.25) is 0 Å². The van der Waals surface area contributed by atoms with Crippen molar-refractivity contribution in [3.05, 3.63) is 78.1 Å². The molecule has 0 amide bonds. The van der Waals surface area contributed by atoms with E-state index >= 15 is 0 Å². The molecule has 0 saturated carbocycles. The summed E-state index contributed by atoms with van der Waals surface area (Å²) < 4.78 is 1.86. The summed E-state index contributed by atoms with van der Waals surface area (Å²) in [4.78, 5) is 0. The quantitative estimate of drug-likeness (QED) is 0.768. The number of aryl methyl sites for hydroxylation is 1. The second-order valence-corrected chi connectivity index (χ2v) is 5.28. The molecule has 0 spiro atoms. The van der Waals surface area contributed by atoms with Crippen molar-refractivity contribution in [3.63, 3.8) is 0 Å². The molecule has 21 heavy (non-hydrogen) atoms. The van der Waals surface area contributed by atoms with Gasteiger partial charge in [0.2, 0.25) is 0 Å². The fourth-order valence-corrected chi connectivity index (χ4v) is 2.35.